The maximum atomic E-state index is 13.9. The fourth-order valence-electron chi connectivity index (χ4n) is 4.61. The van der Waals surface area contributed by atoms with E-state index >= 15 is 0 Å². The number of carbonyl (C=O) groups is 5. The lowest BCUT2D eigenvalue weighted by atomic mass is 9.77. The number of carboxylic acid groups (broad SMARTS) is 2. The third-order valence-corrected chi connectivity index (χ3v) is 7.21. The highest BCUT2D eigenvalue weighted by Crippen LogP contribution is 2.37. The average Bonchev–Trinajstić information content (AvgIpc) is 3.03. The van der Waals surface area contributed by atoms with Crippen LogP contribution in [0.4, 0.5) is 18.0 Å². The Hall–Kier alpha value is -5.40. The number of aliphatic carboxylic acids is 2. The first-order chi connectivity index (χ1) is 23.2. The van der Waals surface area contributed by atoms with Crippen molar-refractivity contribution in [3.05, 3.63) is 108 Å². The molecule has 0 spiro atoms. The number of ether oxygens (including phenoxy) is 1. The van der Waals surface area contributed by atoms with Gasteiger partial charge in [0.2, 0.25) is 11.8 Å². The van der Waals surface area contributed by atoms with Crippen LogP contribution in [0.5, 0.6) is 0 Å². The summed E-state index contributed by atoms with van der Waals surface area (Å²) in [6, 6.07) is 27.3. The second kappa shape index (κ2) is 17.3. The molecule has 270 valence electrons. The van der Waals surface area contributed by atoms with Gasteiger partial charge in [-0.15, -0.1) is 0 Å². The van der Waals surface area contributed by atoms with Crippen LogP contribution in [0.2, 0.25) is 0 Å². The van der Waals surface area contributed by atoms with Gasteiger partial charge in [0.15, 0.2) is 0 Å². The summed E-state index contributed by atoms with van der Waals surface area (Å²) in [7, 11) is 0. The molecular weight excluding hydrogens is 659 g/mol. The normalized spacial score (nSPS) is 12.3. The maximum absolute atomic E-state index is 13.9. The molecule has 0 radical (unpaired) electrons. The number of carboxylic acids is 2. The predicted octanol–water partition coefficient (Wildman–Crippen LogP) is 5.63. The third-order valence-electron chi connectivity index (χ3n) is 7.21. The molecule has 1 atom stereocenters. The molecule has 0 bridgehead atoms. The summed E-state index contributed by atoms with van der Waals surface area (Å²) >= 11 is 0. The second-order valence-electron chi connectivity index (χ2n) is 12.8. The number of nitrogens with one attached hydrogen (secondary N) is 3. The van der Waals surface area contributed by atoms with Gasteiger partial charge in [-0.1, -0.05) is 91.0 Å². The number of alkyl halides is 3. The Morgan fingerprint density at radius 2 is 1.10 bits per heavy atom. The van der Waals surface area contributed by atoms with Gasteiger partial charge in [0.05, 0.1) is 11.8 Å². The molecule has 3 aromatic rings. The van der Waals surface area contributed by atoms with Crippen molar-refractivity contribution in [1.82, 2.24) is 16.0 Å². The highest BCUT2D eigenvalue weighted by atomic mass is 19.4. The molecule has 0 aliphatic carbocycles. The van der Waals surface area contributed by atoms with Gasteiger partial charge in [-0.2, -0.15) is 13.2 Å². The Labute approximate surface area is 288 Å². The molecular formula is C36H42F3N3O8. The summed E-state index contributed by atoms with van der Waals surface area (Å²) in [6.07, 6.45) is -6.19. The van der Waals surface area contributed by atoms with Gasteiger partial charge in [-0.25, -0.2) is 9.59 Å². The van der Waals surface area contributed by atoms with Crippen molar-refractivity contribution < 1.29 is 52.1 Å². The predicted molar refractivity (Wildman–Crippen MR) is 178 cm³/mol. The highest BCUT2D eigenvalue weighted by Gasteiger charge is 2.40. The quantitative estimate of drug-likeness (QED) is 0.151. The minimum atomic E-state index is -5.08. The Morgan fingerprint density at radius 3 is 1.44 bits per heavy atom. The van der Waals surface area contributed by atoms with Crippen molar-refractivity contribution in [2.24, 2.45) is 5.41 Å². The SMILES string of the molecule is CC(C)(C)OC(=O)NC(CC(=O)NC(c1ccccc1)(c1ccccc1)c1ccccc1)C(=O)NCCC(C)(C)C(=O)O.O=C(O)C(F)(F)F. The highest BCUT2D eigenvalue weighted by molar-refractivity contribution is 5.91. The summed E-state index contributed by atoms with van der Waals surface area (Å²) in [5, 5.41) is 24.9. The number of alkyl carbamates (subject to hydrolysis) is 1. The summed E-state index contributed by atoms with van der Waals surface area (Å²) < 4.78 is 37.1. The van der Waals surface area contributed by atoms with Crippen LogP contribution < -0.4 is 16.0 Å². The molecule has 1 unspecified atom stereocenters. The minimum absolute atomic E-state index is 0.0359. The Bertz CT molecular complexity index is 1500. The van der Waals surface area contributed by atoms with E-state index in [1.165, 1.54) is 0 Å². The number of hydrogen-bond acceptors (Lipinski definition) is 6. The molecule has 0 heterocycles. The lowest BCUT2D eigenvalue weighted by Gasteiger charge is -2.37. The minimum Gasteiger partial charge on any atom is -0.481 e. The van der Waals surface area contributed by atoms with Crippen LogP contribution in [0.15, 0.2) is 91.0 Å². The number of benzene rings is 3. The molecule has 0 saturated carbocycles. The van der Waals surface area contributed by atoms with Crippen LogP contribution in [0.25, 0.3) is 0 Å². The third kappa shape index (κ3) is 12.2. The molecule has 11 nitrogen and oxygen atoms in total. The van der Waals surface area contributed by atoms with E-state index in [9.17, 15) is 37.5 Å². The number of carbonyl (C=O) groups excluding carboxylic acids is 3. The van der Waals surface area contributed by atoms with E-state index in [0.717, 1.165) is 16.7 Å². The first-order valence-electron chi connectivity index (χ1n) is 15.5. The first kappa shape index (κ1) is 40.8. The summed E-state index contributed by atoms with van der Waals surface area (Å²) in [6.45, 7) is 8.22. The zero-order valence-electron chi connectivity index (χ0n) is 28.3. The van der Waals surface area contributed by atoms with Gasteiger partial charge in [0.1, 0.15) is 17.2 Å². The van der Waals surface area contributed by atoms with Crippen molar-refractivity contribution in [3.63, 3.8) is 0 Å². The van der Waals surface area contributed by atoms with E-state index in [1.54, 1.807) is 34.6 Å². The van der Waals surface area contributed by atoms with E-state index in [2.05, 4.69) is 16.0 Å². The van der Waals surface area contributed by atoms with Gasteiger partial charge in [0.25, 0.3) is 0 Å². The maximum Gasteiger partial charge on any atom is 0.490 e. The molecule has 3 aromatic carbocycles. The van der Waals surface area contributed by atoms with E-state index in [0.29, 0.717) is 0 Å². The zero-order chi connectivity index (χ0) is 37.8. The Morgan fingerprint density at radius 1 is 0.700 bits per heavy atom. The number of rotatable bonds is 12. The van der Waals surface area contributed by atoms with E-state index in [1.807, 2.05) is 91.0 Å². The van der Waals surface area contributed by atoms with Crippen LogP contribution in [-0.4, -0.2) is 64.4 Å². The molecule has 3 amide bonds. The summed E-state index contributed by atoms with van der Waals surface area (Å²) in [5.74, 6) is -4.89. The lowest BCUT2D eigenvalue weighted by Crippen LogP contribution is -2.53. The zero-order valence-corrected chi connectivity index (χ0v) is 28.3. The van der Waals surface area contributed by atoms with Gasteiger partial charge in [0, 0.05) is 6.54 Å². The Kier molecular flexibility index (Phi) is 14.1. The number of hydrogen-bond donors (Lipinski definition) is 5. The molecule has 5 N–H and O–H groups in total. The summed E-state index contributed by atoms with van der Waals surface area (Å²) in [4.78, 5) is 60.3. The van der Waals surface area contributed by atoms with Gasteiger partial charge in [-0.3, -0.25) is 14.4 Å². The van der Waals surface area contributed by atoms with Crippen LogP contribution in [-0.2, 0) is 29.5 Å². The fourth-order valence-corrected chi connectivity index (χ4v) is 4.61. The molecule has 0 aromatic heterocycles. The van der Waals surface area contributed by atoms with Crippen molar-refractivity contribution >= 4 is 29.8 Å². The van der Waals surface area contributed by atoms with Crippen molar-refractivity contribution in [2.45, 2.75) is 70.8 Å². The fraction of sp³-hybridized carbons (Fsp3) is 0.361. The van der Waals surface area contributed by atoms with Crippen LogP contribution in [0, 0.1) is 5.41 Å². The largest absolute Gasteiger partial charge is 0.490 e. The molecule has 0 aliphatic heterocycles. The van der Waals surface area contributed by atoms with E-state index in [4.69, 9.17) is 14.6 Å². The lowest BCUT2D eigenvalue weighted by molar-refractivity contribution is -0.192. The molecule has 0 fully saturated rings. The molecule has 50 heavy (non-hydrogen) atoms. The van der Waals surface area contributed by atoms with Crippen molar-refractivity contribution in [2.75, 3.05) is 6.54 Å². The second-order valence-corrected chi connectivity index (χ2v) is 12.8. The monoisotopic (exact) mass is 701 g/mol. The van der Waals surface area contributed by atoms with Crippen molar-refractivity contribution in [3.8, 4) is 0 Å². The van der Waals surface area contributed by atoms with Crippen LogP contribution in [0.3, 0.4) is 0 Å². The van der Waals surface area contributed by atoms with Crippen molar-refractivity contribution in [1.29, 1.82) is 0 Å². The van der Waals surface area contributed by atoms with Gasteiger partial charge < -0.3 is 30.9 Å². The molecule has 0 aliphatic rings. The van der Waals surface area contributed by atoms with Crippen LogP contribution >= 0.6 is 0 Å². The number of halogens is 3. The summed E-state index contributed by atoms with van der Waals surface area (Å²) in [5.41, 5.74) is -0.603. The topological polar surface area (TPSA) is 171 Å². The molecule has 0 saturated heterocycles. The first-order valence-corrected chi connectivity index (χ1v) is 15.5. The average molecular weight is 702 g/mol. The van der Waals surface area contributed by atoms with Gasteiger partial charge >= 0.3 is 24.2 Å². The number of amides is 3. The van der Waals surface area contributed by atoms with E-state index < -0.39 is 65.0 Å². The van der Waals surface area contributed by atoms with Crippen LogP contribution in [0.1, 0.15) is 64.2 Å². The molecule has 3 rings (SSSR count). The molecule has 14 heteroatoms. The van der Waals surface area contributed by atoms with Gasteiger partial charge in [-0.05, 0) is 57.7 Å². The Balaban J connectivity index is 0.00000112. The van der Waals surface area contributed by atoms with E-state index in [-0.39, 0.29) is 13.0 Å². The smallest absolute Gasteiger partial charge is 0.481 e. The standard InChI is InChI=1S/C34H41N3O6.C2HF3O2/c1-32(2,3)43-31(42)36-27(29(39)35-22-21-33(4,5)30(40)41)23-28(38)37-34(24-15-9-6-10-16-24,25-17-11-7-12-18-25)26-19-13-8-14-20-26;3-2(4,5)1(6)7/h6-20,27H,21-23H2,1-5H3,(H,35,39)(H,36,42)(H,37,38)(H,40,41);(H,6,7).